The summed E-state index contributed by atoms with van der Waals surface area (Å²) in [4.78, 5) is 18.4. The van der Waals surface area contributed by atoms with E-state index >= 15 is 0 Å². The summed E-state index contributed by atoms with van der Waals surface area (Å²) < 4.78 is 0. The molecular weight excluding hydrogens is 282 g/mol. The molecule has 2 rings (SSSR count). The zero-order valence-electron chi connectivity index (χ0n) is 11.8. The first-order valence-electron chi connectivity index (χ1n) is 6.60. The van der Waals surface area contributed by atoms with Gasteiger partial charge in [-0.05, 0) is 24.1 Å². The molecule has 1 amide bonds. The van der Waals surface area contributed by atoms with Gasteiger partial charge in [-0.1, -0.05) is 42.5 Å². The predicted octanol–water partition coefficient (Wildman–Crippen LogP) is 2.19. The maximum Gasteiger partial charge on any atom is 0.236 e. The van der Waals surface area contributed by atoms with E-state index in [0.717, 1.165) is 11.3 Å². The van der Waals surface area contributed by atoms with E-state index < -0.39 is 5.92 Å². The maximum absolute atomic E-state index is 12.6. The largest absolute Gasteiger partial charge is 0.393 e. The smallest absolute Gasteiger partial charge is 0.236 e. The summed E-state index contributed by atoms with van der Waals surface area (Å²) in [5.41, 5.74) is 7.57. The Labute approximate surface area is 129 Å². The van der Waals surface area contributed by atoms with Gasteiger partial charge in [-0.2, -0.15) is 0 Å². The number of nitrogens with zero attached hydrogens (tertiary/aromatic N) is 2. The molecule has 1 aromatic carbocycles. The Morgan fingerprint density at radius 2 is 1.86 bits per heavy atom. The molecule has 2 N–H and O–H groups in total. The van der Waals surface area contributed by atoms with Gasteiger partial charge < -0.3 is 10.6 Å². The van der Waals surface area contributed by atoms with Crippen LogP contribution in [0.5, 0.6) is 0 Å². The Hall–Kier alpha value is -2.27. The van der Waals surface area contributed by atoms with Crippen LogP contribution in [0, 0.1) is 5.92 Å². The maximum atomic E-state index is 12.6. The molecule has 0 aliphatic heterocycles. The van der Waals surface area contributed by atoms with E-state index in [-0.39, 0.29) is 10.9 Å². The van der Waals surface area contributed by atoms with Gasteiger partial charge in [0.1, 0.15) is 0 Å². The number of aromatic nitrogens is 1. The summed E-state index contributed by atoms with van der Waals surface area (Å²) in [6, 6.07) is 13.3. The SMILES string of the molecule is CN(C(=O)C(Cc1ccccc1)C(N)=S)c1ccncc1. The lowest BCUT2D eigenvalue weighted by Gasteiger charge is -2.23. The first-order valence-corrected chi connectivity index (χ1v) is 7.01. The van der Waals surface area contributed by atoms with Crippen molar-refractivity contribution in [2.45, 2.75) is 6.42 Å². The van der Waals surface area contributed by atoms with Gasteiger partial charge in [-0.25, -0.2) is 0 Å². The molecule has 1 atom stereocenters. The summed E-state index contributed by atoms with van der Waals surface area (Å²) in [7, 11) is 1.72. The number of anilines is 1. The van der Waals surface area contributed by atoms with Gasteiger partial charge in [0.2, 0.25) is 5.91 Å². The Morgan fingerprint density at radius 1 is 1.24 bits per heavy atom. The molecular formula is C16H17N3OS. The molecule has 1 unspecified atom stereocenters. The molecule has 21 heavy (non-hydrogen) atoms. The number of benzene rings is 1. The highest BCUT2D eigenvalue weighted by Crippen LogP contribution is 2.17. The topological polar surface area (TPSA) is 59.2 Å². The van der Waals surface area contributed by atoms with E-state index in [1.807, 2.05) is 30.3 Å². The fourth-order valence-electron chi connectivity index (χ4n) is 2.09. The van der Waals surface area contributed by atoms with E-state index in [2.05, 4.69) is 4.98 Å². The molecule has 0 radical (unpaired) electrons. The number of rotatable bonds is 5. The zero-order chi connectivity index (χ0) is 15.2. The minimum absolute atomic E-state index is 0.113. The first kappa shape index (κ1) is 15.1. The van der Waals surface area contributed by atoms with E-state index in [9.17, 15) is 4.79 Å². The number of carbonyl (C=O) groups is 1. The normalized spacial score (nSPS) is 11.7. The van der Waals surface area contributed by atoms with Crippen LogP contribution in [0.15, 0.2) is 54.9 Å². The summed E-state index contributed by atoms with van der Waals surface area (Å²) in [5.74, 6) is -0.627. The zero-order valence-corrected chi connectivity index (χ0v) is 12.6. The highest BCUT2D eigenvalue weighted by Gasteiger charge is 2.25. The second kappa shape index (κ2) is 6.95. The van der Waals surface area contributed by atoms with Gasteiger partial charge in [0.15, 0.2) is 0 Å². The Morgan fingerprint density at radius 3 is 2.43 bits per heavy atom. The molecule has 108 valence electrons. The minimum Gasteiger partial charge on any atom is -0.393 e. The standard InChI is InChI=1S/C16H17N3OS/c1-19(13-7-9-18-10-8-13)16(20)14(15(17)21)11-12-5-3-2-4-6-12/h2-10,14H,11H2,1H3,(H2,17,21). The molecule has 0 saturated heterocycles. The Balaban J connectivity index is 2.18. The van der Waals surface area contributed by atoms with Crippen molar-refractivity contribution in [3.8, 4) is 0 Å². The molecule has 0 saturated carbocycles. The number of pyridine rings is 1. The molecule has 0 fully saturated rings. The Kier molecular flexibility index (Phi) is 5.00. The van der Waals surface area contributed by atoms with Crippen molar-refractivity contribution < 1.29 is 4.79 Å². The fourth-order valence-corrected chi connectivity index (χ4v) is 2.27. The minimum atomic E-state index is -0.513. The third-order valence-corrected chi connectivity index (χ3v) is 3.59. The van der Waals surface area contributed by atoms with E-state index in [1.165, 1.54) is 0 Å². The molecule has 4 nitrogen and oxygen atoms in total. The number of nitrogens with two attached hydrogens (primary N) is 1. The lowest BCUT2D eigenvalue weighted by molar-refractivity contribution is -0.120. The summed E-state index contributed by atoms with van der Waals surface area (Å²) in [6.07, 6.45) is 3.79. The van der Waals surface area contributed by atoms with E-state index in [0.29, 0.717) is 6.42 Å². The number of carbonyl (C=O) groups excluding carboxylic acids is 1. The number of hydrogen-bond donors (Lipinski definition) is 1. The van der Waals surface area contributed by atoms with Crippen molar-refractivity contribution >= 4 is 28.8 Å². The molecule has 0 bridgehead atoms. The molecule has 1 heterocycles. The fraction of sp³-hybridized carbons (Fsp3) is 0.188. The highest BCUT2D eigenvalue weighted by molar-refractivity contribution is 7.80. The summed E-state index contributed by atoms with van der Waals surface area (Å²) in [6.45, 7) is 0. The second-order valence-electron chi connectivity index (χ2n) is 4.75. The second-order valence-corrected chi connectivity index (χ2v) is 5.22. The van der Waals surface area contributed by atoms with Crippen LogP contribution < -0.4 is 10.6 Å². The van der Waals surface area contributed by atoms with Crippen LogP contribution >= 0.6 is 12.2 Å². The molecule has 0 aliphatic rings. The quantitative estimate of drug-likeness (QED) is 0.860. The van der Waals surface area contributed by atoms with Crippen LogP contribution in [-0.4, -0.2) is 22.9 Å². The van der Waals surface area contributed by atoms with Crippen molar-refractivity contribution in [2.24, 2.45) is 11.7 Å². The molecule has 5 heteroatoms. The summed E-state index contributed by atoms with van der Waals surface area (Å²) >= 11 is 5.08. The number of hydrogen-bond acceptors (Lipinski definition) is 3. The van der Waals surface area contributed by atoms with Crippen LogP contribution in [-0.2, 0) is 11.2 Å². The van der Waals surface area contributed by atoms with Crippen molar-refractivity contribution in [3.05, 3.63) is 60.4 Å². The van der Waals surface area contributed by atoms with Crippen LogP contribution in [0.2, 0.25) is 0 Å². The van der Waals surface area contributed by atoms with Crippen LogP contribution in [0.4, 0.5) is 5.69 Å². The Bertz CT molecular complexity index is 616. The van der Waals surface area contributed by atoms with Crippen LogP contribution in [0.25, 0.3) is 0 Å². The first-order chi connectivity index (χ1) is 10.1. The third kappa shape index (κ3) is 3.86. The van der Waals surface area contributed by atoms with E-state index in [4.69, 9.17) is 18.0 Å². The lowest BCUT2D eigenvalue weighted by Crippen LogP contribution is -2.40. The van der Waals surface area contributed by atoms with Crippen LogP contribution in [0.1, 0.15) is 5.56 Å². The van der Waals surface area contributed by atoms with Gasteiger partial charge in [-0.3, -0.25) is 9.78 Å². The van der Waals surface area contributed by atoms with Gasteiger partial charge >= 0.3 is 0 Å². The number of thiocarbonyl (C=S) groups is 1. The predicted molar refractivity (Wildman–Crippen MR) is 88.1 cm³/mol. The molecule has 2 aromatic rings. The molecule has 0 aliphatic carbocycles. The van der Waals surface area contributed by atoms with Crippen LogP contribution in [0.3, 0.4) is 0 Å². The van der Waals surface area contributed by atoms with Gasteiger partial charge in [0, 0.05) is 25.1 Å². The summed E-state index contributed by atoms with van der Waals surface area (Å²) in [5, 5.41) is 0. The average Bonchev–Trinajstić information content (AvgIpc) is 2.53. The van der Waals surface area contributed by atoms with Crippen molar-refractivity contribution in [1.82, 2.24) is 4.98 Å². The molecule has 1 aromatic heterocycles. The molecule has 0 spiro atoms. The third-order valence-electron chi connectivity index (χ3n) is 3.30. The number of amides is 1. The van der Waals surface area contributed by atoms with Crippen molar-refractivity contribution in [1.29, 1.82) is 0 Å². The van der Waals surface area contributed by atoms with Gasteiger partial charge in [0.05, 0.1) is 10.9 Å². The van der Waals surface area contributed by atoms with Crippen molar-refractivity contribution in [2.75, 3.05) is 11.9 Å². The average molecular weight is 299 g/mol. The van der Waals surface area contributed by atoms with E-state index in [1.54, 1.807) is 36.5 Å². The monoisotopic (exact) mass is 299 g/mol. The van der Waals surface area contributed by atoms with Gasteiger partial charge in [-0.15, -0.1) is 0 Å². The van der Waals surface area contributed by atoms with Gasteiger partial charge in [0.25, 0.3) is 0 Å². The van der Waals surface area contributed by atoms with Crippen molar-refractivity contribution in [3.63, 3.8) is 0 Å². The highest BCUT2D eigenvalue weighted by atomic mass is 32.1. The lowest BCUT2D eigenvalue weighted by atomic mass is 9.98.